The van der Waals surface area contributed by atoms with Gasteiger partial charge in [-0.15, -0.1) is 0 Å². The molecular weight excluding hydrogens is 326 g/mol. The number of thioether (sulfide) groups is 1. The third-order valence-corrected chi connectivity index (χ3v) is 5.78. The summed E-state index contributed by atoms with van der Waals surface area (Å²) in [4.78, 5) is 10.9. The molecule has 5 heteroatoms. The molecule has 0 atom stereocenters. The fraction of sp³-hybridized carbons (Fsp3) is 0.500. The van der Waals surface area contributed by atoms with E-state index in [1.807, 2.05) is 23.9 Å². The van der Waals surface area contributed by atoms with Gasteiger partial charge in [-0.1, -0.05) is 13.8 Å². The van der Waals surface area contributed by atoms with Crippen LogP contribution in [0.1, 0.15) is 37.0 Å². The van der Waals surface area contributed by atoms with E-state index in [1.165, 1.54) is 0 Å². The van der Waals surface area contributed by atoms with Gasteiger partial charge in [-0.25, -0.2) is 4.79 Å². The normalized spacial score (nSPS) is 11.4. The van der Waals surface area contributed by atoms with Gasteiger partial charge < -0.3 is 10.4 Å². The molecule has 0 aliphatic rings. The molecule has 0 bridgehead atoms. The van der Waals surface area contributed by atoms with Gasteiger partial charge >= 0.3 is 5.97 Å². The Bertz CT molecular complexity index is 439. The van der Waals surface area contributed by atoms with Crippen molar-refractivity contribution in [2.24, 2.45) is 0 Å². The summed E-state index contributed by atoms with van der Waals surface area (Å²) < 4.78 is 0.838. The van der Waals surface area contributed by atoms with Gasteiger partial charge in [0.15, 0.2) is 0 Å². The van der Waals surface area contributed by atoms with Gasteiger partial charge in [-0.2, -0.15) is 11.8 Å². The summed E-state index contributed by atoms with van der Waals surface area (Å²) in [5.74, 6) is -0.918. The van der Waals surface area contributed by atoms with Gasteiger partial charge in [0, 0.05) is 21.5 Å². The van der Waals surface area contributed by atoms with E-state index in [0.29, 0.717) is 4.47 Å². The molecule has 0 fully saturated rings. The third kappa shape index (κ3) is 4.14. The number of anilines is 1. The summed E-state index contributed by atoms with van der Waals surface area (Å²) in [7, 11) is 0. The molecule has 0 saturated carbocycles. The van der Waals surface area contributed by atoms with E-state index in [1.54, 1.807) is 6.07 Å². The Morgan fingerprint density at radius 3 is 2.47 bits per heavy atom. The molecule has 0 heterocycles. The van der Waals surface area contributed by atoms with Crippen LogP contribution < -0.4 is 5.32 Å². The second kappa shape index (κ2) is 7.20. The Kier molecular flexibility index (Phi) is 6.20. The largest absolute Gasteiger partial charge is 0.478 e. The lowest BCUT2D eigenvalue weighted by Gasteiger charge is -2.30. The fourth-order valence-corrected chi connectivity index (χ4v) is 3.26. The molecule has 1 aromatic carbocycles. The van der Waals surface area contributed by atoms with Crippen molar-refractivity contribution in [1.82, 2.24) is 0 Å². The standard InChI is InChI=1S/C14H20BrNO2S/c1-4-14(5-2,19-3)9-16-10-6-7-11(13(17)18)12(15)8-10/h6-8,16H,4-5,9H2,1-3H3,(H,17,18). The molecule has 0 radical (unpaired) electrons. The first-order valence-corrected chi connectivity index (χ1v) is 8.31. The third-order valence-electron chi connectivity index (χ3n) is 3.54. The van der Waals surface area contributed by atoms with Gasteiger partial charge in [0.05, 0.1) is 5.56 Å². The van der Waals surface area contributed by atoms with Gasteiger partial charge in [-0.05, 0) is 53.2 Å². The van der Waals surface area contributed by atoms with E-state index in [0.717, 1.165) is 25.1 Å². The average molecular weight is 346 g/mol. The first-order chi connectivity index (χ1) is 8.98. The number of hydrogen-bond donors (Lipinski definition) is 2. The highest BCUT2D eigenvalue weighted by Crippen LogP contribution is 2.31. The first-order valence-electron chi connectivity index (χ1n) is 6.30. The average Bonchev–Trinajstić information content (AvgIpc) is 2.40. The molecule has 0 aliphatic heterocycles. The Labute approximate surface area is 127 Å². The number of carboxylic acid groups (broad SMARTS) is 1. The SMILES string of the molecule is CCC(CC)(CNc1ccc(C(=O)O)c(Br)c1)SC. The lowest BCUT2D eigenvalue weighted by molar-refractivity contribution is 0.0696. The molecule has 106 valence electrons. The predicted molar refractivity (Wildman–Crippen MR) is 86.4 cm³/mol. The van der Waals surface area contributed by atoms with E-state index in [2.05, 4.69) is 41.3 Å². The van der Waals surface area contributed by atoms with Crippen molar-refractivity contribution in [3.05, 3.63) is 28.2 Å². The Hall–Kier alpha value is -0.680. The van der Waals surface area contributed by atoms with Crippen LogP contribution >= 0.6 is 27.7 Å². The van der Waals surface area contributed by atoms with Crippen LogP contribution in [0.4, 0.5) is 5.69 Å². The molecular formula is C14H20BrNO2S. The van der Waals surface area contributed by atoms with Crippen molar-refractivity contribution >= 4 is 39.3 Å². The van der Waals surface area contributed by atoms with Crippen molar-refractivity contribution in [3.8, 4) is 0 Å². The number of halogens is 1. The zero-order valence-electron chi connectivity index (χ0n) is 11.5. The second-order valence-corrected chi connectivity index (χ2v) is 6.58. The fourth-order valence-electron chi connectivity index (χ4n) is 1.92. The van der Waals surface area contributed by atoms with Crippen LogP contribution in [0.2, 0.25) is 0 Å². The summed E-state index contributed by atoms with van der Waals surface area (Å²) in [5.41, 5.74) is 1.23. The zero-order chi connectivity index (χ0) is 14.5. The van der Waals surface area contributed by atoms with Crippen LogP contribution in [0, 0.1) is 0 Å². The lowest BCUT2D eigenvalue weighted by atomic mass is 10.0. The van der Waals surface area contributed by atoms with E-state index >= 15 is 0 Å². The molecule has 3 nitrogen and oxygen atoms in total. The Balaban J connectivity index is 2.78. The Morgan fingerprint density at radius 2 is 2.05 bits per heavy atom. The van der Waals surface area contributed by atoms with Crippen LogP contribution in [-0.4, -0.2) is 28.6 Å². The minimum absolute atomic E-state index is 0.234. The first kappa shape index (κ1) is 16.4. The van der Waals surface area contributed by atoms with Crippen LogP contribution in [0.5, 0.6) is 0 Å². The van der Waals surface area contributed by atoms with Crippen molar-refractivity contribution in [2.45, 2.75) is 31.4 Å². The maximum Gasteiger partial charge on any atom is 0.336 e. The van der Waals surface area contributed by atoms with E-state index < -0.39 is 5.97 Å². The van der Waals surface area contributed by atoms with Crippen LogP contribution in [0.15, 0.2) is 22.7 Å². The molecule has 1 aromatic rings. The number of benzene rings is 1. The molecule has 0 saturated heterocycles. The summed E-state index contributed by atoms with van der Waals surface area (Å²) >= 11 is 5.17. The summed E-state index contributed by atoms with van der Waals surface area (Å²) in [6.45, 7) is 5.27. The number of aromatic carboxylic acids is 1. The van der Waals surface area contributed by atoms with Gasteiger partial charge in [0.1, 0.15) is 0 Å². The highest BCUT2D eigenvalue weighted by molar-refractivity contribution is 9.10. The van der Waals surface area contributed by atoms with Crippen LogP contribution in [0.3, 0.4) is 0 Å². The molecule has 19 heavy (non-hydrogen) atoms. The topological polar surface area (TPSA) is 49.3 Å². The lowest BCUT2D eigenvalue weighted by Crippen LogP contribution is -2.31. The molecule has 0 unspecified atom stereocenters. The Morgan fingerprint density at radius 1 is 1.42 bits per heavy atom. The van der Waals surface area contributed by atoms with E-state index in [4.69, 9.17) is 5.11 Å². The predicted octanol–water partition coefficient (Wildman–Crippen LogP) is 4.48. The molecule has 0 amide bonds. The second-order valence-electron chi connectivity index (χ2n) is 4.45. The number of nitrogens with one attached hydrogen (secondary N) is 1. The summed E-state index contributed by atoms with van der Waals surface area (Å²) in [6, 6.07) is 5.25. The van der Waals surface area contributed by atoms with E-state index in [9.17, 15) is 4.79 Å². The number of carbonyl (C=O) groups is 1. The quantitative estimate of drug-likeness (QED) is 0.764. The minimum atomic E-state index is -0.918. The summed E-state index contributed by atoms with van der Waals surface area (Å²) in [5, 5.41) is 12.4. The van der Waals surface area contributed by atoms with Gasteiger partial charge in [0.25, 0.3) is 0 Å². The maximum absolute atomic E-state index is 10.9. The molecule has 1 rings (SSSR count). The number of rotatable bonds is 7. The highest BCUT2D eigenvalue weighted by atomic mass is 79.9. The van der Waals surface area contributed by atoms with Gasteiger partial charge in [0.2, 0.25) is 0 Å². The van der Waals surface area contributed by atoms with Crippen molar-refractivity contribution in [3.63, 3.8) is 0 Å². The van der Waals surface area contributed by atoms with Gasteiger partial charge in [-0.3, -0.25) is 0 Å². The number of hydrogen-bond acceptors (Lipinski definition) is 3. The summed E-state index contributed by atoms with van der Waals surface area (Å²) in [6.07, 6.45) is 4.34. The molecule has 2 N–H and O–H groups in total. The monoisotopic (exact) mass is 345 g/mol. The number of carboxylic acids is 1. The van der Waals surface area contributed by atoms with Crippen LogP contribution in [-0.2, 0) is 0 Å². The van der Waals surface area contributed by atoms with Crippen molar-refractivity contribution in [1.29, 1.82) is 0 Å². The maximum atomic E-state index is 10.9. The van der Waals surface area contributed by atoms with Crippen molar-refractivity contribution < 1.29 is 9.90 Å². The zero-order valence-corrected chi connectivity index (χ0v) is 13.9. The molecule has 0 aliphatic carbocycles. The van der Waals surface area contributed by atoms with Crippen molar-refractivity contribution in [2.75, 3.05) is 18.1 Å². The molecule has 0 spiro atoms. The van der Waals surface area contributed by atoms with Crippen LogP contribution in [0.25, 0.3) is 0 Å². The smallest absolute Gasteiger partial charge is 0.336 e. The minimum Gasteiger partial charge on any atom is -0.478 e. The molecule has 0 aromatic heterocycles. The van der Waals surface area contributed by atoms with E-state index in [-0.39, 0.29) is 10.3 Å². The highest BCUT2D eigenvalue weighted by Gasteiger charge is 2.24.